The molecule has 3 aromatic rings. The topological polar surface area (TPSA) is 96.6 Å². The largest absolute Gasteiger partial charge is 0.507 e. The molecular weight excluding hydrogens is 368 g/mol. The second-order valence-electron chi connectivity index (χ2n) is 6.71. The van der Waals surface area contributed by atoms with E-state index in [-0.39, 0.29) is 39.5 Å². The van der Waals surface area contributed by atoms with Gasteiger partial charge in [0.15, 0.2) is 11.3 Å². The van der Waals surface area contributed by atoms with Gasteiger partial charge in [-0.05, 0) is 6.42 Å². The van der Waals surface area contributed by atoms with Crippen molar-refractivity contribution in [2.75, 3.05) is 27.9 Å². The third-order valence-corrected chi connectivity index (χ3v) is 5.38. The zero-order chi connectivity index (χ0) is 19.6. The lowest BCUT2D eigenvalue weighted by Gasteiger charge is -2.15. The van der Waals surface area contributed by atoms with Crippen molar-refractivity contribution < 1.29 is 33.2 Å². The average Bonchev–Trinajstić information content (AvgIpc) is 3.27. The van der Waals surface area contributed by atoms with Crippen LogP contribution in [0.25, 0.3) is 21.9 Å². The van der Waals surface area contributed by atoms with E-state index >= 15 is 0 Å². The minimum absolute atomic E-state index is 0.00142. The summed E-state index contributed by atoms with van der Waals surface area (Å²) in [6, 6.07) is 2.99. The lowest BCUT2D eigenvalue weighted by atomic mass is 9.95. The Labute approximate surface area is 159 Å². The van der Waals surface area contributed by atoms with Crippen molar-refractivity contribution in [1.82, 2.24) is 0 Å². The van der Waals surface area contributed by atoms with Crippen molar-refractivity contribution >= 4 is 21.9 Å². The standard InChI is InChI=1S/C20H18O8/c1-23-10-7-11-13(8-4-5-26-20(8)27-11)18-15(10)16(22)14-9(21)6-12(24-2)17(25-3)19(14)28-18/h6-8,20-21H,4-5H2,1-3H3/t8?,20-/m1/s1. The third kappa shape index (κ3) is 2.06. The van der Waals surface area contributed by atoms with Crippen LogP contribution in [0.5, 0.6) is 28.7 Å². The molecule has 8 heteroatoms. The van der Waals surface area contributed by atoms with Gasteiger partial charge >= 0.3 is 0 Å². The second kappa shape index (κ2) is 5.93. The van der Waals surface area contributed by atoms with Gasteiger partial charge in [-0.2, -0.15) is 0 Å². The highest BCUT2D eigenvalue weighted by molar-refractivity contribution is 6.01. The molecule has 1 unspecified atom stereocenters. The molecule has 8 nitrogen and oxygen atoms in total. The first-order chi connectivity index (χ1) is 13.6. The molecular formula is C20H18O8. The molecule has 0 spiro atoms. The van der Waals surface area contributed by atoms with Crippen LogP contribution >= 0.6 is 0 Å². The summed E-state index contributed by atoms with van der Waals surface area (Å²) >= 11 is 0. The molecule has 2 aromatic carbocycles. The number of rotatable bonds is 3. The molecule has 5 rings (SSSR count). The van der Waals surface area contributed by atoms with Crippen LogP contribution in [0.3, 0.4) is 0 Å². The van der Waals surface area contributed by atoms with E-state index < -0.39 is 11.7 Å². The van der Waals surface area contributed by atoms with Crippen LogP contribution in [0.1, 0.15) is 17.9 Å². The van der Waals surface area contributed by atoms with E-state index in [0.717, 1.165) is 12.0 Å². The Morgan fingerprint density at radius 2 is 1.82 bits per heavy atom. The summed E-state index contributed by atoms with van der Waals surface area (Å²) in [6.45, 7) is 0.568. The molecule has 2 atom stereocenters. The average molecular weight is 386 g/mol. The second-order valence-corrected chi connectivity index (χ2v) is 6.71. The van der Waals surface area contributed by atoms with Gasteiger partial charge in [0.2, 0.25) is 17.5 Å². The maximum absolute atomic E-state index is 13.4. The maximum atomic E-state index is 13.4. The van der Waals surface area contributed by atoms with Crippen molar-refractivity contribution in [1.29, 1.82) is 0 Å². The fourth-order valence-electron chi connectivity index (χ4n) is 4.14. The fraction of sp³-hybridized carbons (Fsp3) is 0.350. The van der Waals surface area contributed by atoms with Crippen LogP contribution < -0.4 is 24.4 Å². The molecule has 1 aromatic heterocycles. The monoisotopic (exact) mass is 386 g/mol. The van der Waals surface area contributed by atoms with E-state index in [0.29, 0.717) is 23.7 Å². The molecule has 2 aliphatic heterocycles. The van der Waals surface area contributed by atoms with Crippen molar-refractivity contribution in [3.8, 4) is 28.7 Å². The molecule has 1 fully saturated rings. The zero-order valence-electron chi connectivity index (χ0n) is 15.5. The van der Waals surface area contributed by atoms with E-state index in [1.54, 1.807) is 6.07 Å². The molecule has 2 aliphatic rings. The summed E-state index contributed by atoms with van der Waals surface area (Å²) in [4.78, 5) is 13.4. The molecule has 0 radical (unpaired) electrons. The van der Waals surface area contributed by atoms with Gasteiger partial charge in [-0.3, -0.25) is 4.79 Å². The maximum Gasteiger partial charge on any atom is 0.208 e. The minimum Gasteiger partial charge on any atom is -0.507 e. The number of hydrogen-bond acceptors (Lipinski definition) is 8. The first-order valence-electron chi connectivity index (χ1n) is 8.82. The number of methoxy groups -OCH3 is 3. The summed E-state index contributed by atoms with van der Waals surface area (Å²) in [5.74, 6) is 1.04. The number of hydrogen-bond donors (Lipinski definition) is 1. The Kier molecular flexibility index (Phi) is 3.60. The lowest BCUT2D eigenvalue weighted by molar-refractivity contribution is -0.0337. The highest BCUT2D eigenvalue weighted by atomic mass is 16.7. The van der Waals surface area contributed by atoms with Gasteiger partial charge < -0.3 is 33.2 Å². The molecule has 0 saturated carbocycles. The molecule has 1 saturated heterocycles. The van der Waals surface area contributed by atoms with Crippen molar-refractivity contribution in [3.05, 3.63) is 27.9 Å². The van der Waals surface area contributed by atoms with Gasteiger partial charge in [0.1, 0.15) is 33.6 Å². The van der Waals surface area contributed by atoms with E-state index in [2.05, 4.69) is 0 Å². The first-order valence-corrected chi connectivity index (χ1v) is 8.82. The minimum atomic E-state index is -0.420. The number of fused-ring (bicyclic) bond motifs is 6. The summed E-state index contributed by atoms with van der Waals surface area (Å²) in [6.07, 6.45) is 0.341. The van der Waals surface area contributed by atoms with E-state index in [1.165, 1.54) is 27.4 Å². The van der Waals surface area contributed by atoms with Gasteiger partial charge in [-0.25, -0.2) is 0 Å². The van der Waals surface area contributed by atoms with Crippen molar-refractivity contribution in [2.45, 2.75) is 18.6 Å². The van der Waals surface area contributed by atoms with Crippen LogP contribution in [-0.4, -0.2) is 39.3 Å². The van der Waals surface area contributed by atoms with Crippen molar-refractivity contribution in [2.24, 2.45) is 0 Å². The molecule has 3 heterocycles. The van der Waals surface area contributed by atoms with Gasteiger partial charge in [-0.15, -0.1) is 0 Å². The molecule has 0 amide bonds. The zero-order valence-corrected chi connectivity index (χ0v) is 15.5. The molecule has 0 bridgehead atoms. The summed E-state index contributed by atoms with van der Waals surface area (Å²) < 4.78 is 33.8. The Bertz CT molecular complexity index is 1180. The van der Waals surface area contributed by atoms with E-state index in [9.17, 15) is 9.90 Å². The molecule has 146 valence electrons. The Balaban J connectivity index is 1.98. The smallest absolute Gasteiger partial charge is 0.208 e. The van der Waals surface area contributed by atoms with Crippen LogP contribution in [0, 0.1) is 0 Å². The lowest BCUT2D eigenvalue weighted by Crippen LogP contribution is -2.13. The summed E-state index contributed by atoms with van der Waals surface area (Å²) in [5, 5.41) is 10.7. The first kappa shape index (κ1) is 17.0. The summed E-state index contributed by atoms with van der Waals surface area (Å²) in [5.41, 5.74) is 0.795. The normalized spacial score (nSPS) is 20.1. The van der Waals surface area contributed by atoms with Gasteiger partial charge in [0.25, 0.3) is 0 Å². The molecule has 1 N–H and O–H groups in total. The van der Waals surface area contributed by atoms with E-state index in [4.69, 9.17) is 28.1 Å². The highest BCUT2D eigenvalue weighted by Crippen LogP contribution is 2.51. The van der Waals surface area contributed by atoms with Crippen LogP contribution in [0.4, 0.5) is 0 Å². The van der Waals surface area contributed by atoms with Gasteiger partial charge in [0, 0.05) is 17.7 Å². The number of phenolic OH excluding ortho intramolecular Hbond substituents is 1. The van der Waals surface area contributed by atoms with Gasteiger partial charge in [-0.1, -0.05) is 0 Å². The predicted molar refractivity (Wildman–Crippen MR) is 99.0 cm³/mol. The fourth-order valence-corrected chi connectivity index (χ4v) is 4.14. The predicted octanol–water partition coefficient (Wildman–Crippen LogP) is 2.90. The number of phenols is 1. The number of ether oxygens (including phenoxy) is 5. The highest BCUT2D eigenvalue weighted by Gasteiger charge is 2.42. The molecule has 28 heavy (non-hydrogen) atoms. The number of aromatic hydroxyl groups is 1. The third-order valence-electron chi connectivity index (χ3n) is 5.38. The van der Waals surface area contributed by atoms with Gasteiger partial charge in [0.05, 0.1) is 33.9 Å². The van der Waals surface area contributed by atoms with Crippen LogP contribution in [0.15, 0.2) is 21.3 Å². The Morgan fingerprint density at radius 3 is 2.54 bits per heavy atom. The van der Waals surface area contributed by atoms with E-state index in [1.807, 2.05) is 0 Å². The SMILES string of the molecule is COc1cc(O)c2c(=O)c3c(OC)cc4c(c3oc2c1OC)C1CCO[C@@H]1O4. The van der Waals surface area contributed by atoms with Crippen LogP contribution in [-0.2, 0) is 4.74 Å². The summed E-state index contributed by atoms with van der Waals surface area (Å²) in [7, 11) is 4.35. The quantitative estimate of drug-likeness (QED) is 0.687. The number of benzene rings is 2. The molecule has 0 aliphatic carbocycles. The Hall–Kier alpha value is -3.13. The van der Waals surface area contributed by atoms with Crippen LogP contribution in [0.2, 0.25) is 0 Å². The van der Waals surface area contributed by atoms with Crippen molar-refractivity contribution in [3.63, 3.8) is 0 Å². The Morgan fingerprint density at radius 1 is 1.04 bits per heavy atom.